The van der Waals surface area contributed by atoms with Crippen molar-refractivity contribution in [3.63, 3.8) is 0 Å². The van der Waals surface area contributed by atoms with Gasteiger partial charge in [0.05, 0.1) is 0 Å². The molecule has 1 unspecified atom stereocenters. The molecule has 0 saturated heterocycles. The number of carboxylic acids is 1. The predicted molar refractivity (Wildman–Crippen MR) is 74.6 cm³/mol. The number of hydrogen-bond acceptors (Lipinski definition) is 3. The van der Waals surface area contributed by atoms with Crippen molar-refractivity contribution in [2.45, 2.75) is 32.2 Å². The zero-order valence-electron chi connectivity index (χ0n) is 11.5. The van der Waals surface area contributed by atoms with Crippen molar-refractivity contribution in [2.75, 3.05) is 0 Å². The molecule has 2 rings (SSSR count). The van der Waals surface area contributed by atoms with Gasteiger partial charge in [-0.15, -0.1) is 0 Å². The molecule has 0 spiro atoms. The van der Waals surface area contributed by atoms with Gasteiger partial charge in [0.2, 0.25) is 0 Å². The average Bonchev–Trinajstić information content (AvgIpc) is 2.82. The van der Waals surface area contributed by atoms with Crippen molar-refractivity contribution < 1.29 is 19.1 Å². The molecule has 1 aromatic heterocycles. The second kappa shape index (κ2) is 5.36. The third-order valence-electron chi connectivity index (χ3n) is 3.26. The van der Waals surface area contributed by atoms with Crippen molar-refractivity contribution in [2.24, 2.45) is 0 Å². The smallest absolute Gasteiger partial charge is 0.329 e. The number of rotatable bonds is 5. The zero-order valence-corrected chi connectivity index (χ0v) is 11.5. The Balaban J connectivity index is 2.24. The Bertz CT molecular complexity index is 613. The molecule has 0 radical (unpaired) electrons. The van der Waals surface area contributed by atoms with E-state index in [1.807, 2.05) is 25.1 Å². The van der Waals surface area contributed by atoms with Crippen LogP contribution in [0.3, 0.4) is 0 Å². The van der Waals surface area contributed by atoms with Crippen molar-refractivity contribution in [1.82, 2.24) is 5.32 Å². The number of aliphatic carboxylic acids is 1. The number of benzene rings is 1. The van der Waals surface area contributed by atoms with Gasteiger partial charge < -0.3 is 14.8 Å². The quantitative estimate of drug-likeness (QED) is 0.879. The topological polar surface area (TPSA) is 79.5 Å². The minimum Gasteiger partial charge on any atom is -0.480 e. The number of hydrogen-bond donors (Lipinski definition) is 2. The molecule has 0 aliphatic rings. The van der Waals surface area contributed by atoms with Crippen LogP contribution in [0.25, 0.3) is 11.0 Å². The Morgan fingerprint density at radius 2 is 2.05 bits per heavy atom. The maximum Gasteiger partial charge on any atom is 0.329 e. The van der Waals surface area contributed by atoms with Crippen LogP contribution in [-0.4, -0.2) is 22.5 Å². The Morgan fingerprint density at radius 3 is 2.65 bits per heavy atom. The molecule has 1 aromatic carbocycles. The van der Waals surface area contributed by atoms with E-state index >= 15 is 0 Å². The summed E-state index contributed by atoms with van der Waals surface area (Å²) in [4.78, 5) is 23.4. The lowest BCUT2D eigenvalue weighted by Gasteiger charge is -2.25. The Kier molecular flexibility index (Phi) is 3.79. The molecule has 0 aliphatic carbocycles. The van der Waals surface area contributed by atoms with Crippen molar-refractivity contribution in [1.29, 1.82) is 0 Å². The number of carbonyl (C=O) groups is 2. The van der Waals surface area contributed by atoms with E-state index in [9.17, 15) is 14.7 Å². The summed E-state index contributed by atoms with van der Waals surface area (Å²) in [7, 11) is 0. The molecular formula is C15H17NO4. The molecule has 1 atom stereocenters. The van der Waals surface area contributed by atoms with Crippen LogP contribution < -0.4 is 5.32 Å². The van der Waals surface area contributed by atoms with Gasteiger partial charge in [0.1, 0.15) is 11.1 Å². The van der Waals surface area contributed by atoms with Gasteiger partial charge in [-0.2, -0.15) is 0 Å². The summed E-state index contributed by atoms with van der Waals surface area (Å²) in [5.74, 6) is -1.45. The fraction of sp³-hybridized carbons (Fsp3) is 0.333. The van der Waals surface area contributed by atoms with Crippen molar-refractivity contribution >= 4 is 22.8 Å². The van der Waals surface area contributed by atoms with Crippen LogP contribution in [0.2, 0.25) is 0 Å². The molecule has 0 saturated carbocycles. The first-order valence-corrected chi connectivity index (χ1v) is 6.51. The first-order chi connectivity index (χ1) is 9.46. The Labute approximate surface area is 116 Å². The van der Waals surface area contributed by atoms with Crippen LogP contribution in [0, 0.1) is 0 Å². The van der Waals surface area contributed by atoms with Gasteiger partial charge in [-0.3, -0.25) is 4.79 Å². The number of carboxylic acid groups (broad SMARTS) is 1. The summed E-state index contributed by atoms with van der Waals surface area (Å²) in [5.41, 5.74) is -0.685. The van der Waals surface area contributed by atoms with E-state index in [4.69, 9.17) is 4.42 Å². The number of nitrogens with one attached hydrogen (secondary N) is 1. The van der Waals surface area contributed by atoms with Crippen LogP contribution in [0.1, 0.15) is 37.2 Å². The van der Waals surface area contributed by atoms with Gasteiger partial charge in [0.25, 0.3) is 5.91 Å². The standard InChI is InChI=1S/C15H17NO4/c1-3-8-15(2,14(18)19)16-13(17)12-9-10-6-4-5-7-11(10)20-12/h4-7,9H,3,8H2,1-2H3,(H,16,17)(H,18,19). The number of fused-ring (bicyclic) bond motifs is 1. The van der Waals surface area contributed by atoms with E-state index in [-0.39, 0.29) is 5.76 Å². The van der Waals surface area contributed by atoms with E-state index in [0.717, 1.165) is 5.39 Å². The molecule has 106 valence electrons. The van der Waals surface area contributed by atoms with Crippen LogP contribution in [-0.2, 0) is 4.79 Å². The summed E-state index contributed by atoms with van der Waals surface area (Å²) < 4.78 is 5.43. The highest BCUT2D eigenvalue weighted by Gasteiger charge is 2.34. The molecule has 0 aliphatic heterocycles. The first kappa shape index (κ1) is 14.1. The minimum atomic E-state index is -1.29. The van der Waals surface area contributed by atoms with Gasteiger partial charge >= 0.3 is 5.97 Å². The predicted octanol–water partition coefficient (Wildman–Crippen LogP) is 2.81. The van der Waals surface area contributed by atoms with E-state index < -0.39 is 17.4 Å². The largest absolute Gasteiger partial charge is 0.480 e. The highest BCUT2D eigenvalue weighted by molar-refractivity contribution is 5.98. The number of para-hydroxylation sites is 1. The molecule has 0 bridgehead atoms. The molecule has 2 N–H and O–H groups in total. The van der Waals surface area contributed by atoms with Crippen LogP contribution >= 0.6 is 0 Å². The number of amides is 1. The van der Waals surface area contributed by atoms with Crippen LogP contribution in [0.4, 0.5) is 0 Å². The van der Waals surface area contributed by atoms with E-state index in [0.29, 0.717) is 18.4 Å². The Hall–Kier alpha value is -2.30. The SMILES string of the molecule is CCCC(C)(NC(=O)c1cc2ccccc2o1)C(=O)O. The first-order valence-electron chi connectivity index (χ1n) is 6.51. The maximum absolute atomic E-state index is 12.1. The zero-order chi connectivity index (χ0) is 14.8. The average molecular weight is 275 g/mol. The Morgan fingerprint density at radius 1 is 1.35 bits per heavy atom. The van der Waals surface area contributed by atoms with E-state index in [1.54, 1.807) is 12.1 Å². The van der Waals surface area contributed by atoms with Gasteiger partial charge in [-0.25, -0.2) is 4.79 Å². The molecule has 5 nitrogen and oxygen atoms in total. The van der Waals surface area contributed by atoms with Crippen molar-refractivity contribution in [3.05, 3.63) is 36.1 Å². The highest BCUT2D eigenvalue weighted by Crippen LogP contribution is 2.20. The van der Waals surface area contributed by atoms with Gasteiger partial charge in [-0.1, -0.05) is 31.5 Å². The lowest BCUT2D eigenvalue weighted by Crippen LogP contribution is -2.52. The maximum atomic E-state index is 12.1. The van der Waals surface area contributed by atoms with E-state index in [2.05, 4.69) is 5.32 Å². The molecule has 1 heterocycles. The molecule has 1 amide bonds. The second-order valence-corrected chi connectivity index (χ2v) is 4.99. The highest BCUT2D eigenvalue weighted by atomic mass is 16.4. The van der Waals surface area contributed by atoms with Crippen molar-refractivity contribution in [3.8, 4) is 0 Å². The molecule has 2 aromatic rings. The fourth-order valence-corrected chi connectivity index (χ4v) is 2.13. The molecule has 0 fully saturated rings. The summed E-state index contributed by atoms with van der Waals surface area (Å²) in [6, 6.07) is 8.86. The normalized spacial score (nSPS) is 13.9. The van der Waals surface area contributed by atoms with E-state index in [1.165, 1.54) is 6.92 Å². The number of furan rings is 1. The minimum absolute atomic E-state index is 0.120. The van der Waals surface area contributed by atoms with Gasteiger partial charge in [-0.05, 0) is 25.5 Å². The number of carbonyl (C=O) groups excluding carboxylic acids is 1. The fourth-order valence-electron chi connectivity index (χ4n) is 2.13. The van der Waals surface area contributed by atoms with Crippen LogP contribution in [0.15, 0.2) is 34.7 Å². The summed E-state index contributed by atoms with van der Waals surface area (Å²) in [5, 5.41) is 12.6. The van der Waals surface area contributed by atoms with Gasteiger partial charge in [0.15, 0.2) is 5.76 Å². The lowest BCUT2D eigenvalue weighted by atomic mass is 9.96. The second-order valence-electron chi connectivity index (χ2n) is 4.99. The summed E-state index contributed by atoms with van der Waals surface area (Å²) >= 11 is 0. The molecule has 5 heteroatoms. The lowest BCUT2D eigenvalue weighted by molar-refractivity contribution is -0.144. The summed E-state index contributed by atoms with van der Waals surface area (Å²) in [6.45, 7) is 3.37. The third-order valence-corrected chi connectivity index (χ3v) is 3.26. The third kappa shape index (κ3) is 2.66. The molecule has 20 heavy (non-hydrogen) atoms. The summed E-state index contributed by atoms with van der Waals surface area (Å²) in [6.07, 6.45) is 1.01. The monoisotopic (exact) mass is 275 g/mol. The molecular weight excluding hydrogens is 258 g/mol. The van der Waals surface area contributed by atoms with Gasteiger partial charge in [0, 0.05) is 5.39 Å². The van der Waals surface area contributed by atoms with Crippen LogP contribution in [0.5, 0.6) is 0 Å².